The first-order valence-electron chi connectivity index (χ1n) is 8.64. The summed E-state index contributed by atoms with van der Waals surface area (Å²) in [6, 6.07) is 14.4. The van der Waals surface area contributed by atoms with E-state index in [1.165, 1.54) is 0 Å². The maximum Gasteiger partial charge on any atom is 0.320 e. The SMILES string of the molecule is CCCCOC(=O)C(Br)Cc1cc(C(=O)c2ccccc2)ccc1OC. The Morgan fingerprint density at radius 3 is 2.46 bits per heavy atom. The van der Waals surface area contributed by atoms with Gasteiger partial charge in [0.1, 0.15) is 10.6 Å². The van der Waals surface area contributed by atoms with Gasteiger partial charge in [0.2, 0.25) is 0 Å². The molecule has 0 aliphatic carbocycles. The van der Waals surface area contributed by atoms with E-state index in [0.29, 0.717) is 29.9 Å². The van der Waals surface area contributed by atoms with Crippen molar-refractivity contribution in [2.45, 2.75) is 31.0 Å². The molecule has 138 valence electrons. The molecule has 26 heavy (non-hydrogen) atoms. The summed E-state index contributed by atoms with van der Waals surface area (Å²) in [4.78, 5) is 24.2. The molecule has 5 heteroatoms. The Hall–Kier alpha value is -2.14. The number of carbonyl (C=O) groups excluding carboxylic acids is 2. The van der Waals surface area contributed by atoms with Crippen molar-refractivity contribution in [1.82, 2.24) is 0 Å². The Balaban J connectivity index is 2.16. The molecule has 1 unspecified atom stereocenters. The summed E-state index contributed by atoms with van der Waals surface area (Å²) in [7, 11) is 1.57. The van der Waals surface area contributed by atoms with E-state index in [9.17, 15) is 9.59 Å². The van der Waals surface area contributed by atoms with Crippen LogP contribution in [0.25, 0.3) is 0 Å². The van der Waals surface area contributed by atoms with E-state index in [1.54, 1.807) is 37.4 Å². The molecule has 0 bridgehead atoms. The molecule has 1 atom stereocenters. The fourth-order valence-electron chi connectivity index (χ4n) is 2.52. The molecular formula is C21H23BrO4. The van der Waals surface area contributed by atoms with Crippen molar-refractivity contribution in [3.8, 4) is 5.75 Å². The van der Waals surface area contributed by atoms with Crippen LogP contribution in [0.5, 0.6) is 5.75 Å². The monoisotopic (exact) mass is 418 g/mol. The molecular weight excluding hydrogens is 396 g/mol. The highest BCUT2D eigenvalue weighted by atomic mass is 79.9. The molecule has 0 aromatic heterocycles. The first kappa shape index (κ1) is 20.2. The number of esters is 1. The van der Waals surface area contributed by atoms with E-state index in [1.807, 2.05) is 25.1 Å². The van der Waals surface area contributed by atoms with Gasteiger partial charge in [0.05, 0.1) is 13.7 Å². The molecule has 0 fully saturated rings. The van der Waals surface area contributed by atoms with Crippen molar-refractivity contribution in [3.05, 3.63) is 65.2 Å². The number of ketones is 1. The van der Waals surface area contributed by atoms with Crippen LogP contribution in [0.4, 0.5) is 0 Å². The Morgan fingerprint density at radius 2 is 1.81 bits per heavy atom. The molecule has 0 aliphatic heterocycles. The Morgan fingerprint density at radius 1 is 1.08 bits per heavy atom. The van der Waals surface area contributed by atoms with Crippen molar-refractivity contribution in [3.63, 3.8) is 0 Å². The van der Waals surface area contributed by atoms with Crippen LogP contribution in [0.3, 0.4) is 0 Å². The van der Waals surface area contributed by atoms with Crippen LogP contribution < -0.4 is 4.74 Å². The summed E-state index contributed by atoms with van der Waals surface area (Å²) >= 11 is 3.39. The molecule has 0 aliphatic rings. The van der Waals surface area contributed by atoms with Crippen LogP contribution in [0.15, 0.2) is 48.5 Å². The van der Waals surface area contributed by atoms with E-state index in [4.69, 9.17) is 9.47 Å². The van der Waals surface area contributed by atoms with Gasteiger partial charge in [-0.1, -0.05) is 59.6 Å². The van der Waals surface area contributed by atoms with Crippen molar-refractivity contribution in [2.24, 2.45) is 0 Å². The Bertz CT molecular complexity index is 743. The van der Waals surface area contributed by atoms with Crippen LogP contribution in [-0.4, -0.2) is 30.3 Å². The van der Waals surface area contributed by atoms with Crippen LogP contribution in [0.1, 0.15) is 41.3 Å². The molecule has 0 radical (unpaired) electrons. The number of methoxy groups -OCH3 is 1. The lowest BCUT2D eigenvalue weighted by atomic mass is 9.99. The van der Waals surface area contributed by atoms with E-state index in [0.717, 1.165) is 18.4 Å². The lowest BCUT2D eigenvalue weighted by Crippen LogP contribution is -2.20. The highest BCUT2D eigenvalue weighted by molar-refractivity contribution is 9.10. The van der Waals surface area contributed by atoms with Crippen LogP contribution in [0.2, 0.25) is 0 Å². The van der Waals surface area contributed by atoms with Gasteiger partial charge in [-0.25, -0.2) is 0 Å². The molecule has 2 aromatic rings. The highest BCUT2D eigenvalue weighted by Gasteiger charge is 2.20. The van der Waals surface area contributed by atoms with Gasteiger partial charge < -0.3 is 9.47 Å². The zero-order chi connectivity index (χ0) is 18.9. The normalized spacial score (nSPS) is 11.7. The van der Waals surface area contributed by atoms with Gasteiger partial charge in [-0.15, -0.1) is 0 Å². The summed E-state index contributed by atoms with van der Waals surface area (Å²) < 4.78 is 10.6. The van der Waals surface area contributed by atoms with Crippen molar-refractivity contribution in [2.75, 3.05) is 13.7 Å². The number of hydrogen-bond acceptors (Lipinski definition) is 4. The summed E-state index contributed by atoms with van der Waals surface area (Å²) in [5.41, 5.74) is 1.97. The largest absolute Gasteiger partial charge is 0.496 e. The maximum absolute atomic E-state index is 12.6. The zero-order valence-corrected chi connectivity index (χ0v) is 16.6. The molecule has 0 saturated heterocycles. The van der Waals surface area contributed by atoms with E-state index < -0.39 is 4.83 Å². The topological polar surface area (TPSA) is 52.6 Å². The first-order chi connectivity index (χ1) is 12.6. The van der Waals surface area contributed by atoms with Gasteiger partial charge in [0, 0.05) is 11.1 Å². The minimum atomic E-state index is -0.490. The molecule has 4 nitrogen and oxygen atoms in total. The summed E-state index contributed by atoms with van der Waals surface area (Å²) in [5, 5.41) is 0. The number of benzene rings is 2. The minimum absolute atomic E-state index is 0.0638. The molecule has 0 amide bonds. The average molecular weight is 419 g/mol. The second-order valence-electron chi connectivity index (χ2n) is 5.91. The number of halogens is 1. The highest BCUT2D eigenvalue weighted by Crippen LogP contribution is 2.25. The van der Waals surface area contributed by atoms with Gasteiger partial charge >= 0.3 is 5.97 Å². The fourth-order valence-corrected chi connectivity index (χ4v) is 3.00. The van der Waals surface area contributed by atoms with Crippen molar-refractivity contribution < 1.29 is 19.1 Å². The van der Waals surface area contributed by atoms with Crippen molar-refractivity contribution in [1.29, 1.82) is 0 Å². The number of alkyl halides is 1. The Labute approximate surface area is 162 Å². The molecule has 0 N–H and O–H groups in total. The smallest absolute Gasteiger partial charge is 0.320 e. The lowest BCUT2D eigenvalue weighted by molar-refractivity contribution is -0.142. The van der Waals surface area contributed by atoms with E-state index in [-0.39, 0.29) is 11.8 Å². The van der Waals surface area contributed by atoms with E-state index in [2.05, 4.69) is 15.9 Å². The quantitative estimate of drug-likeness (QED) is 0.259. The third kappa shape index (κ3) is 5.43. The van der Waals surface area contributed by atoms with Crippen LogP contribution >= 0.6 is 15.9 Å². The van der Waals surface area contributed by atoms with Gasteiger partial charge in [-0.2, -0.15) is 0 Å². The average Bonchev–Trinajstić information content (AvgIpc) is 2.68. The Kier molecular flexibility index (Phi) is 7.85. The third-order valence-corrected chi connectivity index (χ3v) is 4.67. The van der Waals surface area contributed by atoms with Crippen molar-refractivity contribution >= 4 is 27.7 Å². The molecule has 2 aromatic carbocycles. The molecule has 0 spiro atoms. The van der Waals surface area contributed by atoms with Crippen LogP contribution in [-0.2, 0) is 16.0 Å². The fraction of sp³-hybridized carbons (Fsp3) is 0.333. The van der Waals surface area contributed by atoms with Gasteiger partial charge in [-0.3, -0.25) is 9.59 Å². The second-order valence-corrected chi connectivity index (χ2v) is 7.02. The van der Waals surface area contributed by atoms with Crippen LogP contribution in [0, 0.1) is 0 Å². The molecule has 2 rings (SSSR count). The first-order valence-corrected chi connectivity index (χ1v) is 9.55. The summed E-state index contributed by atoms with van der Waals surface area (Å²) in [6.45, 7) is 2.46. The minimum Gasteiger partial charge on any atom is -0.496 e. The number of hydrogen-bond donors (Lipinski definition) is 0. The summed E-state index contributed by atoms with van der Waals surface area (Å²) in [6.07, 6.45) is 2.19. The number of rotatable bonds is 9. The zero-order valence-electron chi connectivity index (χ0n) is 15.0. The number of carbonyl (C=O) groups is 2. The molecule has 0 heterocycles. The lowest BCUT2D eigenvalue weighted by Gasteiger charge is -2.14. The third-order valence-electron chi connectivity index (χ3n) is 3.98. The number of unbranched alkanes of at least 4 members (excludes halogenated alkanes) is 1. The predicted molar refractivity (Wildman–Crippen MR) is 105 cm³/mol. The van der Waals surface area contributed by atoms with Gasteiger partial charge in [0.25, 0.3) is 0 Å². The number of ether oxygens (including phenoxy) is 2. The second kappa shape index (κ2) is 10.1. The predicted octanol–water partition coefficient (Wildman–Crippen LogP) is 4.58. The van der Waals surface area contributed by atoms with E-state index >= 15 is 0 Å². The maximum atomic E-state index is 12.6. The summed E-state index contributed by atoms with van der Waals surface area (Å²) in [5.74, 6) is 0.270. The standard InChI is InChI=1S/C21H23BrO4/c1-3-4-12-26-21(24)18(22)14-17-13-16(10-11-19(17)25-2)20(23)15-8-6-5-7-9-15/h5-11,13,18H,3-4,12,14H2,1-2H3. The van der Waals surface area contributed by atoms with Gasteiger partial charge in [-0.05, 0) is 36.6 Å². The van der Waals surface area contributed by atoms with Gasteiger partial charge in [0.15, 0.2) is 5.78 Å². The molecule has 0 saturated carbocycles.